The Morgan fingerprint density at radius 2 is 2.17 bits per heavy atom. The van der Waals surface area contributed by atoms with Crippen LogP contribution in [0.1, 0.15) is 10.4 Å². The quantitative estimate of drug-likeness (QED) is 0.733. The minimum Gasteiger partial charge on any atom is -0.319 e. The molecule has 0 aromatic carbocycles. The molecule has 3 aromatic rings. The normalized spacial score (nSPS) is 10.4. The van der Waals surface area contributed by atoms with Gasteiger partial charge in [-0.1, -0.05) is 0 Å². The molecule has 3 heterocycles. The minimum absolute atomic E-state index is 0.226. The van der Waals surface area contributed by atoms with E-state index < -0.39 is 0 Å². The van der Waals surface area contributed by atoms with Crippen LogP contribution < -0.4 is 5.32 Å². The number of hydrogen-bond acceptors (Lipinski definition) is 4. The summed E-state index contributed by atoms with van der Waals surface area (Å²) < 4.78 is 1.60. The monoisotopic (exact) mass is 239 g/mol. The van der Waals surface area contributed by atoms with E-state index in [9.17, 15) is 4.79 Å². The maximum atomic E-state index is 11.9. The number of rotatable bonds is 2. The van der Waals surface area contributed by atoms with Crippen LogP contribution in [-0.2, 0) is 0 Å². The third kappa shape index (κ3) is 1.91. The third-order valence-electron chi connectivity index (χ3n) is 2.43. The summed E-state index contributed by atoms with van der Waals surface area (Å²) in [4.78, 5) is 19.9. The molecule has 0 saturated carbocycles. The number of amides is 1. The van der Waals surface area contributed by atoms with Gasteiger partial charge in [-0.2, -0.15) is 5.10 Å². The number of aromatic nitrogens is 4. The zero-order valence-corrected chi connectivity index (χ0v) is 9.32. The van der Waals surface area contributed by atoms with Gasteiger partial charge in [-0.15, -0.1) is 0 Å². The van der Waals surface area contributed by atoms with Crippen molar-refractivity contribution in [3.05, 3.63) is 54.7 Å². The fourth-order valence-electron chi connectivity index (χ4n) is 1.57. The summed E-state index contributed by atoms with van der Waals surface area (Å²) in [5, 5.41) is 6.79. The van der Waals surface area contributed by atoms with Gasteiger partial charge in [0.1, 0.15) is 0 Å². The molecular weight excluding hydrogens is 230 g/mol. The predicted molar refractivity (Wildman–Crippen MR) is 65.2 cm³/mol. The van der Waals surface area contributed by atoms with Crippen LogP contribution in [0.2, 0.25) is 0 Å². The highest BCUT2D eigenvalue weighted by atomic mass is 16.1. The maximum Gasteiger partial charge on any atom is 0.257 e. The lowest BCUT2D eigenvalue weighted by Gasteiger charge is -2.04. The average molecular weight is 239 g/mol. The molecule has 0 unspecified atom stereocenters. The van der Waals surface area contributed by atoms with Crippen molar-refractivity contribution in [2.24, 2.45) is 0 Å². The van der Waals surface area contributed by atoms with Gasteiger partial charge >= 0.3 is 0 Å². The van der Waals surface area contributed by atoms with Crippen molar-refractivity contribution < 1.29 is 4.79 Å². The standard InChI is InChI=1S/C12H9N5O/c18-12(9-2-1-4-13-6-9)16-10-7-14-11-3-5-15-17(11)8-10/h1-8H,(H,16,18). The molecule has 88 valence electrons. The Morgan fingerprint density at radius 1 is 1.22 bits per heavy atom. The van der Waals surface area contributed by atoms with Gasteiger partial charge in [0.05, 0.1) is 29.8 Å². The number of carbonyl (C=O) groups excluding carboxylic acids is 1. The lowest BCUT2D eigenvalue weighted by Crippen LogP contribution is -2.12. The molecule has 0 saturated heterocycles. The molecule has 18 heavy (non-hydrogen) atoms. The van der Waals surface area contributed by atoms with Crippen molar-refractivity contribution >= 4 is 17.2 Å². The van der Waals surface area contributed by atoms with E-state index >= 15 is 0 Å². The number of nitrogens with zero attached hydrogens (tertiary/aromatic N) is 4. The summed E-state index contributed by atoms with van der Waals surface area (Å²) >= 11 is 0. The molecule has 0 spiro atoms. The van der Waals surface area contributed by atoms with Gasteiger partial charge in [-0.25, -0.2) is 9.50 Å². The summed E-state index contributed by atoms with van der Waals surface area (Å²) in [7, 11) is 0. The molecule has 6 nitrogen and oxygen atoms in total. The zero-order valence-electron chi connectivity index (χ0n) is 9.32. The molecule has 0 aliphatic heterocycles. The Morgan fingerprint density at radius 3 is 3.00 bits per heavy atom. The van der Waals surface area contributed by atoms with Crippen molar-refractivity contribution in [1.29, 1.82) is 0 Å². The lowest BCUT2D eigenvalue weighted by atomic mass is 10.2. The summed E-state index contributed by atoms with van der Waals surface area (Å²) in [6.45, 7) is 0. The van der Waals surface area contributed by atoms with Crippen LogP contribution in [0.15, 0.2) is 49.2 Å². The second kappa shape index (κ2) is 4.25. The first-order valence-corrected chi connectivity index (χ1v) is 5.34. The molecule has 0 radical (unpaired) electrons. The summed E-state index contributed by atoms with van der Waals surface area (Å²) in [5.74, 6) is -0.226. The van der Waals surface area contributed by atoms with Gasteiger partial charge in [-0.3, -0.25) is 9.78 Å². The SMILES string of the molecule is O=C(Nc1cnc2ccnn2c1)c1cccnc1. The van der Waals surface area contributed by atoms with Crippen molar-refractivity contribution in [3.8, 4) is 0 Å². The van der Waals surface area contributed by atoms with E-state index in [2.05, 4.69) is 20.4 Å². The van der Waals surface area contributed by atoms with Gasteiger partial charge in [0.2, 0.25) is 0 Å². The number of anilines is 1. The number of nitrogens with one attached hydrogen (secondary N) is 1. The molecule has 6 heteroatoms. The summed E-state index contributed by atoms with van der Waals surface area (Å²) in [6, 6.07) is 5.19. The number of carbonyl (C=O) groups is 1. The molecule has 0 fully saturated rings. The highest BCUT2D eigenvalue weighted by Gasteiger charge is 2.06. The predicted octanol–water partition coefficient (Wildman–Crippen LogP) is 1.38. The van der Waals surface area contributed by atoms with E-state index in [1.807, 2.05) is 0 Å². The van der Waals surface area contributed by atoms with E-state index in [0.29, 0.717) is 11.3 Å². The Bertz CT molecular complexity index is 692. The topological polar surface area (TPSA) is 72.2 Å². The van der Waals surface area contributed by atoms with E-state index in [4.69, 9.17) is 0 Å². The first-order valence-electron chi connectivity index (χ1n) is 5.34. The molecule has 0 bridgehead atoms. The average Bonchev–Trinajstić information content (AvgIpc) is 2.87. The summed E-state index contributed by atoms with van der Waals surface area (Å²) in [5.41, 5.74) is 1.81. The van der Waals surface area contributed by atoms with Gasteiger partial charge < -0.3 is 5.32 Å². The molecule has 1 N–H and O–H groups in total. The fourth-order valence-corrected chi connectivity index (χ4v) is 1.57. The van der Waals surface area contributed by atoms with Crippen LogP contribution in [0.3, 0.4) is 0 Å². The maximum absolute atomic E-state index is 11.9. The Hall–Kier alpha value is -2.76. The lowest BCUT2D eigenvalue weighted by molar-refractivity contribution is 0.102. The van der Waals surface area contributed by atoms with Crippen molar-refractivity contribution in [2.45, 2.75) is 0 Å². The molecular formula is C12H9N5O. The molecule has 0 atom stereocenters. The highest BCUT2D eigenvalue weighted by molar-refractivity contribution is 6.03. The first kappa shape index (κ1) is 10.4. The van der Waals surface area contributed by atoms with Crippen LogP contribution >= 0.6 is 0 Å². The van der Waals surface area contributed by atoms with Gasteiger partial charge in [-0.05, 0) is 12.1 Å². The second-order valence-electron chi connectivity index (χ2n) is 3.67. The van der Waals surface area contributed by atoms with E-state index in [1.54, 1.807) is 47.5 Å². The zero-order chi connectivity index (χ0) is 12.4. The highest BCUT2D eigenvalue weighted by Crippen LogP contribution is 2.08. The van der Waals surface area contributed by atoms with Crippen LogP contribution in [0.5, 0.6) is 0 Å². The first-order chi connectivity index (χ1) is 8.83. The van der Waals surface area contributed by atoms with Crippen LogP contribution in [0, 0.1) is 0 Å². The number of hydrogen-bond donors (Lipinski definition) is 1. The van der Waals surface area contributed by atoms with E-state index in [1.165, 1.54) is 6.20 Å². The Balaban J connectivity index is 1.86. The van der Waals surface area contributed by atoms with E-state index in [-0.39, 0.29) is 5.91 Å². The smallest absolute Gasteiger partial charge is 0.257 e. The van der Waals surface area contributed by atoms with Crippen LogP contribution in [-0.4, -0.2) is 25.5 Å². The van der Waals surface area contributed by atoms with Gasteiger partial charge in [0.15, 0.2) is 5.65 Å². The van der Waals surface area contributed by atoms with Crippen molar-refractivity contribution in [3.63, 3.8) is 0 Å². The molecule has 0 aliphatic rings. The Labute approximate surface area is 102 Å². The van der Waals surface area contributed by atoms with Crippen molar-refractivity contribution in [1.82, 2.24) is 19.6 Å². The molecule has 1 amide bonds. The third-order valence-corrected chi connectivity index (χ3v) is 2.43. The molecule has 3 aromatic heterocycles. The van der Waals surface area contributed by atoms with Gasteiger partial charge in [0, 0.05) is 18.5 Å². The van der Waals surface area contributed by atoms with E-state index in [0.717, 1.165) is 5.65 Å². The minimum atomic E-state index is -0.226. The largest absolute Gasteiger partial charge is 0.319 e. The van der Waals surface area contributed by atoms with Gasteiger partial charge in [0.25, 0.3) is 5.91 Å². The molecule has 0 aliphatic carbocycles. The van der Waals surface area contributed by atoms with Crippen molar-refractivity contribution in [2.75, 3.05) is 5.32 Å². The Kier molecular flexibility index (Phi) is 2.45. The fraction of sp³-hybridized carbons (Fsp3) is 0. The van der Waals surface area contributed by atoms with Crippen LogP contribution in [0.25, 0.3) is 5.65 Å². The number of fused-ring (bicyclic) bond motifs is 1. The van der Waals surface area contributed by atoms with Crippen LogP contribution in [0.4, 0.5) is 5.69 Å². The summed E-state index contributed by atoms with van der Waals surface area (Å²) in [6.07, 6.45) is 8.07. The second-order valence-corrected chi connectivity index (χ2v) is 3.67. The number of pyridine rings is 1. The molecule has 3 rings (SSSR count).